The van der Waals surface area contributed by atoms with E-state index in [0.717, 1.165) is 12.1 Å². The molecule has 0 radical (unpaired) electrons. The summed E-state index contributed by atoms with van der Waals surface area (Å²) in [5, 5.41) is 14.0. The van der Waals surface area contributed by atoms with Crippen molar-refractivity contribution in [1.82, 2.24) is 4.90 Å². The first kappa shape index (κ1) is 24.2. The minimum Gasteiger partial charge on any atom is -0.392 e. The summed E-state index contributed by atoms with van der Waals surface area (Å²) in [5.74, 6) is 0.0668. The minimum atomic E-state index is -4.04. The minimum absolute atomic E-state index is 0.0434. The number of hydrogen-bond acceptors (Lipinski definition) is 8. The number of nitrogens with zero attached hydrogens (tertiary/aromatic N) is 1. The molecule has 0 amide bonds. The molecule has 178 valence electrons. The lowest BCUT2D eigenvalue weighted by Crippen LogP contribution is -2.21. The first-order valence-corrected chi connectivity index (χ1v) is 12.9. The summed E-state index contributed by atoms with van der Waals surface area (Å²) >= 11 is 1.38. The number of rotatable bonds is 8. The van der Waals surface area contributed by atoms with E-state index in [1.807, 2.05) is 32.0 Å². The molecule has 0 aliphatic rings. The number of fused-ring (bicyclic) bond motifs is 2. The number of benzene rings is 3. The molecule has 0 saturated heterocycles. The number of aryl methyl sites for hydroxylation is 1. The van der Waals surface area contributed by atoms with Gasteiger partial charge in [0.15, 0.2) is 5.43 Å². The van der Waals surface area contributed by atoms with Crippen LogP contribution in [0, 0.1) is 6.92 Å². The van der Waals surface area contributed by atoms with Gasteiger partial charge in [-0.25, -0.2) is 0 Å². The Morgan fingerprint density at radius 1 is 1.06 bits per heavy atom. The highest BCUT2D eigenvalue weighted by molar-refractivity contribution is 7.87. The van der Waals surface area contributed by atoms with Crippen molar-refractivity contribution in [2.45, 2.75) is 18.4 Å². The smallest absolute Gasteiger partial charge is 0.339 e. The fraction of sp³-hybridized carbons (Fsp3) is 0.240. The number of nitrogens with one attached hydrogen (secondary N) is 1. The van der Waals surface area contributed by atoms with Gasteiger partial charge in [0.05, 0.1) is 12.0 Å². The van der Waals surface area contributed by atoms with Crippen LogP contribution in [0.2, 0.25) is 0 Å². The monoisotopic (exact) mass is 498 g/mol. The van der Waals surface area contributed by atoms with E-state index in [4.69, 9.17) is 4.18 Å². The molecule has 1 heterocycles. The Morgan fingerprint density at radius 2 is 1.79 bits per heavy atom. The molecule has 0 aliphatic heterocycles. The van der Waals surface area contributed by atoms with Crippen LogP contribution >= 0.6 is 11.3 Å². The third-order valence-corrected chi connectivity index (χ3v) is 7.94. The Labute approximate surface area is 202 Å². The van der Waals surface area contributed by atoms with Gasteiger partial charge in [-0.2, -0.15) is 8.42 Å². The number of likely N-dealkylation sites (N-methyl/N-ethyl adjacent to an activating group) is 1. The highest BCUT2D eigenvalue weighted by Gasteiger charge is 2.18. The van der Waals surface area contributed by atoms with Gasteiger partial charge >= 0.3 is 10.1 Å². The quantitative estimate of drug-likeness (QED) is 0.280. The predicted molar refractivity (Wildman–Crippen MR) is 138 cm³/mol. The van der Waals surface area contributed by atoms with Gasteiger partial charge in [0.1, 0.15) is 10.6 Å². The second kappa shape index (κ2) is 9.71. The third-order valence-electron chi connectivity index (χ3n) is 5.43. The molecular formula is C25H26N2O5S2. The molecule has 1 aromatic heterocycles. The molecule has 0 saturated carbocycles. The Morgan fingerprint density at radius 3 is 2.47 bits per heavy atom. The zero-order valence-electron chi connectivity index (χ0n) is 19.2. The standard InChI is InChI=1S/C25H26N2O5S2/c1-16-4-8-19(9-5-16)34(30,31)32-18-7-11-22-20(14-18)24(29)23-21(26-12-13-27(2)3)10-6-17(15-28)25(23)33-22/h4-11,14,26,28H,12-13,15H2,1-3H3. The van der Waals surface area contributed by atoms with E-state index < -0.39 is 10.1 Å². The number of aliphatic hydroxyl groups excluding tert-OH is 1. The summed E-state index contributed by atoms with van der Waals surface area (Å²) in [4.78, 5) is 15.6. The van der Waals surface area contributed by atoms with Gasteiger partial charge in [0.25, 0.3) is 0 Å². The molecule has 3 aromatic carbocycles. The average molecular weight is 499 g/mol. The fourth-order valence-corrected chi connectivity index (χ4v) is 5.71. The van der Waals surface area contributed by atoms with Crippen molar-refractivity contribution >= 4 is 47.3 Å². The van der Waals surface area contributed by atoms with Gasteiger partial charge in [-0.3, -0.25) is 4.79 Å². The molecule has 9 heteroatoms. The van der Waals surface area contributed by atoms with Crippen molar-refractivity contribution in [2.75, 3.05) is 32.5 Å². The SMILES string of the molecule is Cc1ccc(S(=O)(=O)Oc2ccc3sc4c(CO)ccc(NCCN(C)C)c4c(=O)c3c2)cc1. The van der Waals surface area contributed by atoms with E-state index >= 15 is 0 Å². The molecule has 0 spiro atoms. The van der Waals surface area contributed by atoms with Gasteiger partial charge < -0.3 is 19.5 Å². The van der Waals surface area contributed by atoms with E-state index in [9.17, 15) is 18.3 Å². The topological polar surface area (TPSA) is 95.9 Å². The number of anilines is 1. The van der Waals surface area contributed by atoms with E-state index in [2.05, 4.69) is 5.32 Å². The first-order chi connectivity index (χ1) is 16.2. The summed E-state index contributed by atoms with van der Waals surface area (Å²) in [5.41, 5.74) is 2.03. The second-order valence-electron chi connectivity index (χ2n) is 8.30. The van der Waals surface area contributed by atoms with Crippen molar-refractivity contribution in [2.24, 2.45) is 0 Å². The maximum absolute atomic E-state index is 13.6. The molecular weight excluding hydrogens is 472 g/mol. The molecule has 0 fully saturated rings. The lowest BCUT2D eigenvalue weighted by Gasteiger charge is -2.15. The van der Waals surface area contributed by atoms with Crippen molar-refractivity contribution in [3.05, 3.63) is 75.9 Å². The Bertz CT molecular complexity index is 1510. The molecule has 0 atom stereocenters. The van der Waals surface area contributed by atoms with Gasteiger partial charge in [0, 0.05) is 33.6 Å². The zero-order valence-corrected chi connectivity index (χ0v) is 20.8. The Kier molecular flexibility index (Phi) is 6.90. The largest absolute Gasteiger partial charge is 0.392 e. The molecule has 0 unspecified atom stereocenters. The summed E-state index contributed by atoms with van der Waals surface area (Å²) in [6.07, 6.45) is 0. The summed E-state index contributed by atoms with van der Waals surface area (Å²) in [6.45, 7) is 3.10. The highest BCUT2D eigenvalue weighted by Crippen LogP contribution is 2.34. The molecule has 4 rings (SSSR count). The van der Waals surface area contributed by atoms with Crippen LogP contribution in [0.25, 0.3) is 20.2 Å². The van der Waals surface area contributed by atoms with Crippen molar-refractivity contribution < 1.29 is 17.7 Å². The zero-order chi connectivity index (χ0) is 24.5. The maximum Gasteiger partial charge on any atom is 0.339 e. The summed E-state index contributed by atoms with van der Waals surface area (Å²) in [7, 11) is -0.106. The molecule has 34 heavy (non-hydrogen) atoms. The van der Waals surface area contributed by atoms with Crippen LogP contribution in [0.4, 0.5) is 5.69 Å². The number of aliphatic hydroxyl groups is 1. The van der Waals surface area contributed by atoms with Gasteiger partial charge in [-0.1, -0.05) is 23.8 Å². The average Bonchev–Trinajstić information content (AvgIpc) is 2.79. The van der Waals surface area contributed by atoms with Crippen molar-refractivity contribution in [3.8, 4) is 5.75 Å². The van der Waals surface area contributed by atoms with Crippen molar-refractivity contribution in [1.29, 1.82) is 0 Å². The number of hydrogen-bond donors (Lipinski definition) is 2. The van der Waals surface area contributed by atoms with Gasteiger partial charge in [-0.05, 0) is 63.0 Å². The van der Waals surface area contributed by atoms with E-state index in [0.29, 0.717) is 38.0 Å². The third kappa shape index (κ3) is 4.92. The molecule has 4 aromatic rings. The van der Waals surface area contributed by atoms with Crippen LogP contribution in [0.3, 0.4) is 0 Å². The molecule has 0 bridgehead atoms. The lowest BCUT2D eigenvalue weighted by molar-refractivity contribution is 0.283. The van der Waals surface area contributed by atoms with Crippen LogP contribution in [-0.4, -0.2) is 45.6 Å². The predicted octanol–water partition coefficient (Wildman–Crippen LogP) is 3.96. The van der Waals surface area contributed by atoms with Crippen LogP contribution in [0.5, 0.6) is 5.75 Å². The van der Waals surface area contributed by atoms with Crippen LogP contribution in [0.1, 0.15) is 11.1 Å². The lowest BCUT2D eigenvalue weighted by atomic mass is 10.1. The normalized spacial score (nSPS) is 11.9. The molecule has 7 nitrogen and oxygen atoms in total. The Balaban J connectivity index is 1.80. The van der Waals surface area contributed by atoms with Crippen LogP contribution in [-0.2, 0) is 16.7 Å². The summed E-state index contributed by atoms with van der Waals surface area (Å²) < 4.78 is 32.2. The summed E-state index contributed by atoms with van der Waals surface area (Å²) in [6, 6.07) is 14.7. The van der Waals surface area contributed by atoms with E-state index in [1.54, 1.807) is 24.3 Å². The molecule has 0 aliphatic carbocycles. The van der Waals surface area contributed by atoms with Crippen LogP contribution in [0.15, 0.2) is 64.3 Å². The van der Waals surface area contributed by atoms with Gasteiger partial charge in [-0.15, -0.1) is 11.3 Å². The fourth-order valence-electron chi connectivity index (χ4n) is 3.61. The second-order valence-corrected chi connectivity index (χ2v) is 10.9. The Hall–Kier alpha value is -2.98. The van der Waals surface area contributed by atoms with Gasteiger partial charge in [0.2, 0.25) is 0 Å². The highest BCUT2D eigenvalue weighted by atomic mass is 32.2. The van der Waals surface area contributed by atoms with Crippen molar-refractivity contribution in [3.63, 3.8) is 0 Å². The van der Waals surface area contributed by atoms with E-state index in [-0.39, 0.29) is 22.7 Å². The molecule has 2 N–H and O–H groups in total. The van der Waals surface area contributed by atoms with Crippen LogP contribution < -0.4 is 14.9 Å². The maximum atomic E-state index is 13.6. The first-order valence-electron chi connectivity index (χ1n) is 10.7. The van der Waals surface area contributed by atoms with E-state index in [1.165, 1.54) is 35.6 Å².